The first kappa shape index (κ1) is 16.7. The maximum Gasteiger partial charge on any atom is 0.416 e. The third-order valence-electron chi connectivity index (χ3n) is 2.96. The van der Waals surface area contributed by atoms with Gasteiger partial charge in [-0.1, -0.05) is 15.9 Å². The molecule has 0 aliphatic heterocycles. The lowest BCUT2D eigenvalue weighted by molar-refractivity contribution is -0.138. The second-order valence-corrected chi connectivity index (χ2v) is 5.53. The second kappa shape index (κ2) is 5.87. The van der Waals surface area contributed by atoms with E-state index < -0.39 is 29.1 Å². The van der Waals surface area contributed by atoms with Crippen LogP contribution in [0.2, 0.25) is 0 Å². The Kier molecular flexibility index (Phi) is 4.47. The molecule has 2 rings (SSSR count). The van der Waals surface area contributed by atoms with Crippen LogP contribution in [-0.2, 0) is 6.18 Å². The van der Waals surface area contributed by atoms with E-state index in [4.69, 9.17) is 4.74 Å². The Bertz CT molecular complexity index is 678. The summed E-state index contributed by atoms with van der Waals surface area (Å²) >= 11 is 3.33. The molecule has 0 aromatic heterocycles. The lowest BCUT2D eigenvalue weighted by Crippen LogP contribution is -2.07. The average Bonchev–Trinajstić information content (AvgIpc) is 2.38. The Morgan fingerprint density at radius 1 is 0.909 bits per heavy atom. The Balaban J connectivity index is 2.43. The molecule has 118 valence electrons. The minimum atomic E-state index is -4.83. The topological polar surface area (TPSA) is 9.23 Å². The van der Waals surface area contributed by atoms with Gasteiger partial charge in [-0.05, 0) is 49.2 Å². The zero-order valence-electron chi connectivity index (χ0n) is 11.5. The molecule has 0 atom stereocenters. The van der Waals surface area contributed by atoms with Gasteiger partial charge in [0.1, 0.15) is 5.75 Å². The summed E-state index contributed by atoms with van der Waals surface area (Å²) in [4.78, 5) is 0. The highest BCUT2D eigenvalue weighted by Crippen LogP contribution is 2.36. The molecule has 0 saturated carbocycles. The molecule has 0 bridgehead atoms. The lowest BCUT2D eigenvalue weighted by Gasteiger charge is -2.13. The van der Waals surface area contributed by atoms with Crippen molar-refractivity contribution in [3.63, 3.8) is 0 Å². The summed E-state index contributed by atoms with van der Waals surface area (Å²) in [7, 11) is 0. The van der Waals surface area contributed by atoms with Crippen molar-refractivity contribution in [3.05, 3.63) is 57.1 Å². The van der Waals surface area contributed by atoms with Crippen LogP contribution in [0.5, 0.6) is 11.5 Å². The Labute approximate surface area is 131 Å². The van der Waals surface area contributed by atoms with Crippen LogP contribution in [0, 0.1) is 25.5 Å². The van der Waals surface area contributed by atoms with Gasteiger partial charge >= 0.3 is 6.18 Å². The standard InChI is InChI=1S/C15H10BrF5O/c1-7-3-10(4-8(2)13(7)16)22-14-11(17)5-9(6-12(14)18)15(19,20)21/h3-6H,1-2H3. The van der Waals surface area contributed by atoms with E-state index in [0.717, 1.165) is 15.6 Å². The normalized spacial score (nSPS) is 11.6. The third kappa shape index (κ3) is 3.40. The molecule has 0 saturated heterocycles. The van der Waals surface area contributed by atoms with Crippen molar-refractivity contribution in [2.24, 2.45) is 0 Å². The van der Waals surface area contributed by atoms with Crippen molar-refractivity contribution in [3.8, 4) is 11.5 Å². The first-order chi connectivity index (χ1) is 10.1. The molecule has 0 fully saturated rings. The van der Waals surface area contributed by atoms with Gasteiger partial charge in [0.2, 0.25) is 0 Å². The fourth-order valence-electron chi connectivity index (χ4n) is 1.90. The molecule has 0 N–H and O–H groups in total. The van der Waals surface area contributed by atoms with Crippen LogP contribution < -0.4 is 4.74 Å². The van der Waals surface area contributed by atoms with Crippen molar-refractivity contribution < 1.29 is 26.7 Å². The second-order valence-electron chi connectivity index (χ2n) is 4.74. The predicted molar refractivity (Wildman–Crippen MR) is 75.1 cm³/mol. The Morgan fingerprint density at radius 3 is 1.77 bits per heavy atom. The molecule has 0 aliphatic rings. The van der Waals surface area contributed by atoms with Crippen LogP contribution in [0.25, 0.3) is 0 Å². The van der Waals surface area contributed by atoms with E-state index in [9.17, 15) is 22.0 Å². The van der Waals surface area contributed by atoms with Crippen LogP contribution in [0.4, 0.5) is 22.0 Å². The number of ether oxygens (including phenoxy) is 1. The first-order valence-electron chi connectivity index (χ1n) is 6.10. The summed E-state index contributed by atoms with van der Waals surface area (Å²) < 4.78 is 70.8. The highest BCUT2D eigenvalue weighted by atomic mass is 79.9. The smallest absolute Gasteiger partial charge is 0.416 e. The lowest BCUT2D eigenvalue weighted by atomic mass is 10.1. The molecule has 0 heterocycles. The minimum Gasteiger partial charge on any atom is -0.451 e. The molecule has 2 aromatic carbocycles. The number of aryl methyl sites for hydroxylation is 2. The van der Waals surface area contributed by atoms with E-state index in [1.165, 1.54) is 12.1 Å². The van der Waals surface area contributed by atoms with Crippen LogP contribution >= 0.6 is 15.9 Å². The molecular weight excluding hydrogens is 371 g/mol. The molecule has 1 nitrogen and oxygen atoms in total. The van der Waals surface area contributed by atoms with E-state index in [-0.39, 0.29) is 17.9 Å². The number of benzene rings is 2. The third-order valence-corrected chi connectivity index (χ3v) is 4.21. The summed E-state index contributed by atoms with van der Waals surface area (Å²) in [6.07, 6.45) is -4.83. The van der Waals surface area contributed by atoms with Crippen molar-refractivity contribution in [2.45, 2.75) is 20.0 Å². The summed E-state index contributed by atoms with van der Waals surface area (Å²) in [6, 6.07) is 3.45. The maximum atomic E-state index is 13.7. The predicted octanol–water partition coefficient (Wildman–Crippen LogP) is 6.16. The van der Waals surface area contributed by atoms with E-state index in [2.05, 4.69) is 15.9 Å². The fraction of sp³-hybridized carbons (Fsp3) is 0.200. The monoisotopic (exact) mass is 380 g/mol. The van der Waals surface area contributed by atoms with E-state index >= 15 is 0 Å². The van der Waals surface area contributed by atoms with Crippen LogP contribution in [-0.4, -0.2) is 0 Å². The van der Waals surface area contributed by atoms with Gasteiger partial charge in [0.05, 0.1) is 5.56 Å². The van der Waals surface area contributed by atoms with Crippen molar-refractivity contribution >= 4 is 15.9 Å². The van der Waals surface area contributed by atoms with Crippen molar-refractivity contribution in [1.82, 2.24) is 0 Å². The largest absolute Gasteiger partial charge is 0.451 e. The number of hydrogen-bond acceptors (Lipinski definition) is 1. The van der Waals surface area contributed by atoms with Crippen LogP contribution in [0.15, 0.2) is 28.7 Å². The van der Waals surface area contributed by atoms with Gasteiger partial charge < -0.3 is 4.74 Å². The summed E-state index contributed by atoms with van der Waals surface area (Å²) in [5, 5.41) is 0. The molecule has 0 amide bonds. The van der Waals surface area contributed by atoms with Gasteiger partial charge in [-0.3, -0.25) is 0 Å². The first-order valence-corrected chi connectivity index (χ1v) is 6.89. The summed E-state index contributed by atoms with van der Waals surface area (Å²) in [6.45, 7) is 3.51. The molecule has 0 radical (unpaired) electrons. The number of halogens is 6. The van der Waals surface area contributed by atoms with Crippen LogP contribution in [0.3, 0.4) is 0 Å². The van der Waals surface area contributed by atoms with Crippen LogP contribution in [0.1, 0.15) is 16.7 Å². The Hall–Kier alpha value is -1.63. The highest BCUT2D eigenvalue weighted by Gasteiger charge is 2.33. The van der Waals surface area contributed by atoms with Gasteiger partial charge in [-0.15, -0.1) is 0 Å². The van der Waals surface area contributed by atoms with Crippen molar-refractivity contribution in [1.29, 1.82) is 0 Å². The van der Waals surface area contributed by atoms with Crippen molar-refractivity contribution in [2.75, 3.05) is 0 Å². The van der Waals surface area contributed by atoms with E-state index in [1.54, 1.807) is 13.8 Å². The Morgan fingerprint density at radius 2 is 1.36 bits per heavy atom. The SMILES string of the molecule is Cc1cc(Oc2c(F)cc(C(F)(F)F)cc2F)cc(C)c1Br. The molecule has 2 aromatic rings. The number of hydrogen-bond donors (Lipinski definition) is 0. The molecule has 22 heavy (non-hydrogen) atoms. The van der Waals surface area contributed by atoms with Gasteiger partial charge in [0.25, 0.3) is 0 Å². The molecular formula is C15H10BrF5O. The highest BCUT2D eigenvalue weighted by molar-refractivity contribution is 9.10. The maximum absolute atomic E-state index is 13.7. The molecule has 0 spiro atoms. The van der Waals surface area contributed by atoms with Gasteiger partial charge in [-0.2, -0.15) is 13.2 Å². The zero-order valence-corrected chi connectivity index (χ0v) is 13.1. The molecule has 0 aliphatic carbocycles. The average molecular weight is 381 g/mol. The minimum absolute atomic E-state index is 0.135. The van der Waals surface area contributed by atoms with Gasteiger partial charge in [0.15, 0.2) is 17.4 Å². The molecule has 7 heteroatoms. The van der Waals surface area contributed by atoms with E-state index in [1.807, 2.05) is 0 Å². The number of rotatable bonds is 2. The fourth-order valence-corrected chi connectivity index (χ4v) is 2.13. The molecule has 0 unspecified atom stereocenters. The quantitative estimate of drug-likeness (QED) is 0.567. The summed E-state index contributed by atoms with van der Waals surface area (Å²) in [5.41, 5.74) is 0.128. The zero-order chi connectivity index (χ0) is 16.7. The van der Waals surface area contributed by atoms with E-state index in [0.29, 0.717) is 0 Å². The summed E-state index contributed by atoms with van der Waals surface area (Å²) in [5.74, 6) is -3.55. The van der Waals surface area contributed by atoms with Gasteiger partial charge in [0, 0.05) is 4.47 Å². The number of alkyl halides is 3. The van der Waals surface area contributed by atoms with Gasteiger partial charge in [-0.25, -0.2) is 8.78 Å².